The lowest BCUT2D eigenvalue weighted by Crippen LogP contribution is -1.96. The molecule has 1 aliphatic rings. The van der Waals surface area contributed by atoms with Gasteiger partial charge in [-0.25, -0.2) is 0 Å². The van der Waals surface area contributed by atoms with Gasteiger partial charge in [-0.2, -0.15) is 0 Å². The van der Waals surface area contributed by atoms with E-state index in [4.69, 9.17) is 4.74 Å². The van der Waals surface area contributed by atoms with Crippen molar-refractivity contribution in [2.45, 2.75) is 19.3 Å². The summed E-state index contributed by atoms with van der Waals surface area (Å²) in [6.07, 6.45) is 8.12. The van der Waals surface area contributed by atoms with Crippen molar-refractivity contribution in [3.63, 3.8) is 0 Å². The summed E-state index contributed by atoms with van der Waals surface area (Å²) >= 11 is 0. The third kappa shape index (κ3) is 2.90. The topological polar surface area (TPSA) is 9.23 Å². The predicted octanol–water partition coefficient (Wildman–Crippen LogP) is 3.40. The molecule has 0 amide bonds. The van der Waals surface area contributed by atoms with E-state index >= 15 is 0 Å². The van der Waals surface area contributed by atoms with Gasteiger partial charge >= 0.3 is 0 Å². The first kappa shape index (κ1) is 10.8. The van der Waals surface area contributed by atoms with E-state index in [-0.39, 0.29) is 0 Å². The molecule has 0 saturated carbocycles. The highest BCUT2D eigenvalue weighted by Gasteiger charge is 2.03. The molecule has 0 fully saturated rings. The minimum Gasteiger partial charge on any atom is -0.497 e. The van der Waals surface area contributed by atoms with Crippen molar-refractivity contribution in [1.29, 1.82) is 0 Å². The minimum atomic E-state index is 0.441. The number of hydrogen-bond acceptors (Lipinski definition) is 1. The van der Waals surface area contributed by atoms with Crippen molar-refractivity contribution in [1.82, 2.24) is 0 Å². The molecule has 0 N–H and O–H groups in total. The summed E-state index contributed by atoms with van der Waals surface area (Å²) in [5.74, 6) is 7.83. The number of methoxy groups -OCH3 is 1. The second kappa shape index (κ2) is 5.42. The van der Waals surface area contributed by atoms with Crippen molar-refractivity contribution >= 4 is 0 Å². The molecule has 16 heavy (non-hydrogen) atoms. The average Bonchev–Trinajstić information content (AvgIpc) is 2.38. The molecule has 1 heteroatoms. The molecule has 0 aromatic heterocycles. The highest BCUT2D eigenvalue weighted by atomic mass is 16.5. The molecule has 1 atom stereocenters. The Bertz CT molecular complexity index is 417. The largest absolute Gasteiger partial charge is 0.497 e. The summed E-state index contributed by atoms with van der Waals surface area (Å²) in [5.41, 5.74) is 1.06. The molecule has 0 radical (unpaired) electrons. The molecule has 0 heterocycles. The lowest BCUT2D eigenvalue weighted by Gasteiger charge is -2.08. The van der Waals surface area contributed by atoms with Crippen LogP contribution in [0.25, 0.3) is 0 Å². The fraction of sp³-hybridized carbons (Fsp3) is 0.333. The maximum Gasteiger partial charge on any atom is 0.118 e. The van der Waals surface area contributed by atoms with Gasteiger partial charge in [-0.1, -0.05) is 24.0 Å². The molecule has 1 aromatic rings. The highest BCUT2D eigenvalue weighted by molar-refractivity contribution is 5.39. The second-order valence-corrected chi connectivity index (χ2v) is 3.96. The van der Waals surface area contributed by atoms with E-state index in [1.807, 2.05) is 24.3 Å². The first-order valence-electron chi connectivity index (χ1n) is 5.71. The maximum atomic E-state index is 5.10. The van der Waals surface area contributed by atoms with Crippen molar-refractivity contribution < 1.29 is 4.74 Å². The van der Waals surface area contributed by atoms with Crippen molar-refractivity contribution in [3.05, 3.63) is 42.0 Å². The lowest BCUT2D eigenvalue weighted by molar-refractivity contribution is 0.415. The number of benzene rings is 1. The van der Waals surface area contributed by atoms with Crippen LogP contribution in [0.2, 0.25) is 0 Å². The SMILES string of the molecule is COc1ccc(C#C[C@@H]2C=CCCC2)cc1. The van der Waals surface area contributed by atoms with E-state index in [9.17, 15) is 0 Å². The van der Waals surface area contributed by atoms with Crippen LogP contribution in [-0.4, -0.2) is 7.11 Å². The molecule has 1 nitrogen and oxygen atoms in total. The Morgan fingerprint density at radius 2 is 2.06 bits per heavy atom. The molecule has 2 rings (SSSR count). The van der Waals surface area contributed by atoms with Crippen LogP contribution in [0.3, 0.4) is 0 Å². The highest BCUT2D eigenvalue weighted by Crippen LogP contribution is 2.16. The van der Waals surface area contributed by atoms with Crippen molar-refractivity contribution in [2.24, 2.45) is 5.92 Å². The van der Waals surface area contributed by atoms with Crippen LogP contribution in [0.15, 0.2) is 36.4 Å². The van der Waals surface area contributed by atoms with E-state index in [0.29, 0.717) is 5.92 Å². The Hall–Kier alpha value is -1.68. The van der Waals surface area contributed by atoms with Crippen LogP contribution in [0, 0.1) is 17.8 Å². The van der Waals surface area contributed by atoms with Crippen LogP contribution in [0.1, 0.15) is 24.8 Å². The van der Waals surface area contributed by atoms with Crippen LogP contribution in [-0.2, 0) is 0 Å². The Morgan fingerprint density at radius 3 is 2.69 bits per heavy atom. The fourth-order valence-electron chi connectivity index (χ4n) is 1.78. The van der Waals surface area contributed by atoms with Gasteiger partial charge in [0.15, 0.2) is 0 Å². The summed E-state index contributed by atoms with van der Waals surface area (Å²) in [7, 11) is 1.67. The van der Waals surface area contributed by atoms with Gasteiger partial charge in [0.05, 0.1) is 7.11 Å². The second-order valence-electron chi connectivity index (χ2n) is 3.96. The normalized spacial score (nSPS) is 18.7. The van der Waals surface area contributed by atoms with Crippen LogP contribution >= 0.6 is 0 Å². The standard InChI is InChI=1S/C15H16O/c1-16-15-11-9-14(10-12-15)8-7-13-5-3-2-4-6-13/h3,5,9-13H,2,4,6H2,1H3/t13-/m1/s1. The van der Waals surface area contributed by atoms with Gasteiger partial charge in [0.2, 0.25) is 0 Å². The molecule has 0 spiro atoms. The molecule has 1 aliphatic carbocycles. The zero-order chi connectivity index (χ0) is 11.2. The summed E-state index contributed by atoms with van der Waals surface area (Å²) < 4.78 is 5.10. The Labute approximate surface area is 97.1 Å². The van der Waals surface area contributed by atoms with Crippen molar-refractivity contribution in [2.75, 3.05) is 7.11 Å². The van der Waals surface area contributed by atoms with Gasteiger partial charge in [0, 0.05) is 11.5 Å². The number of hydrogen-bond donors (Lipinski definition) is 0. The quantitative estimate of drug-likeness (QED) is 0.512. The van der Waals surface area contributed by atoms with Crippen molar-refractivity contribution in [3.8, 4) is 17.6 Å². The molecule has 1 aromatic carbocycles. The molecule has 82 valence electrons. The molecule has 0 bridgehead atoms. The molecule has 0 unspecified atom stereocenters. The first-order valence-corrected chi connectivity index (χ1v) is 5.71. The van der Waals surface area contributed by atoms with Gasteiger partial charge in [0.25, 0.3) is 0 Å². The van der Waals surface area contributed by atoms with Gasteiger partial charge in [-0.15, -0.1) is 0 Å². The number of rotatable bonds is 1. The number of ether oxygens (including phenoxy) is 1. The lowest BCUT2D eigenvalue weighted by atomic mass is 9.96. The molecule has 0 saturated heterocycles. The fourth-order valence-corrected chi connectivity index (χ4v) is 1.78. The van der Waals surface area contributed by atoms with Gasteiger partial charge in [-0.3, -0.25) is 0 Å². The van der Waals surface area contributed by atoms with Gasteiger partial charge < -0.3 is 4.74 Å². The number of allylic oxidation sites excluding steroid dienone is 2. The third-order valence-electron chi connectivity index (χ3n) is 2.75. The van der Waals surface area contributed by atoms with Gasteiger partial charge in [-0.05, 0) is 43.5 Å². The zero-order valence-corrected chi connectivity index (χ0v) is 9.57. The van der Waals surface area contributed by atoms with Crippen LogP contribution in [0.4, 0.5) is 0 Å². The minimum absolute atomic E-state index is 0.441. The van der Waals surface area contributed by atoms with E-state index in [0.717, 1.165) is 11.3 Å². The zero-order valence-electron chi connectivity index (χ0n) is 9.57. The molecular weight excluding hydrogens is 196 g/mol. The monoisotopic (exact) mass is 212 g/mol. The molecular formula is C15H16O. The van der Waals surface area contributed by atoms with Gasteiger partial charge in [0.1, 0.15) is 5.75 Å². The molecule has 0 aliphatic heterocycles. The Balaban J connectivity index is 2.05. The summed E-state index contributed by atoms with van der Waals surface area (Å²) in [6.45, 7) is 0. The maximum absolute atomic E-state index is 5.10. The van der Waals surface area contributed by atoms with Crippen LogP contribution in [0.5, 0.6) is 5.75 Å². The summed E-state index contributed by atoms with van der Waals surface area (Å²) in [5, 5.41) is 0. The van der Waals surface area contributed by atoms with Crippen LogP contribution < -0.4 is 4.74 Å². The van der Waals surface area contributed by atoms with E-state index in [2.05, 4.69) is 24.0 Å². The summed E-state index contributed by atoms with van der Waals surface area (Å²) in [6, 6.07) is 7.89. The average molecular weight is 212 g/mol. The van der Waals surface area contributed by atoms with E-state index < -0.39 is 0 Å². The smallest absolute Gasteiger partial charge is 0.118 e. The third-order valence-corrected chi connectivity index (χ3v) is 2.75. The van der Waals surface area contributed by atoms with E-state index in [1.165, 1.54) is 19.3 Å². The Kier molecular flexibility index (Phi) is 3.66. The first-order chi connectivity index (χ1) is 7.88. The predicted molar refractivity (Wildman–Crippen MR) is 66.4 cm³/mol. The van der Waals surface area contributed by atoms with E-state index in [1.54, 1.807) is 7.11 Å². The Morgan fingerprint density at radius 1 is 1.25 bits per heavy atom. The summed E-state index contributed by atoms with van der Waals surface area (Å²) in [4.78, 5) is 0.